The number of hydrogen-bond donors (Lipinski definition) is 2. The van der Waals surface area contributed by atoms with Crippen LogP contribution < -0.4 is 15.2 Å². The molecule has 1 aliphatic rings. The third-order valence-electron chi connectivity index (χ3n) is 3.06. The number of rotatable bonds is 4. The molecule has 0 aromatic heterocycles. The van der Waals surface area contributed by atoms with Crippen LogP contribution >= 0.6 is 0 Å². The number of nitrogens with two attached hydrogens (primary N) is 1. The third kappa shape index (κ3) is 3.26. The van der Waals surface area contributed by atoms with Crippen LogP contribution in [0.15, 0.2) is 23.1 Å². The summed E-state index contributed by atoms with van der Waals surface area (Å²) in [7, 11) is -3.47. The summed E-state index contributed by atoms with van der Waals surface area (Å²) in [6.45, 7) is 4.91. The second kappa shape index (κ2) is 5.48. The van der Waals surface area contributed by atoms with Gasteiger partial charge in [-0.3, -0.25) is 0 Å². The average molecular weight is 284 g/mol. The number of sulfonamides is 1. The van der Waals surface area contributed by atoms with Gasteiger partial charge in [0.05, 0.1) is 11.5 Å². The molecule has 5 nitrogen and oxygen atoms in total. The maximum atomic E-state index is 12.1. The van der Waals surface area contributed by atoms with Crippen molar-refractivity contribution in [2.45, 2.75) is 31.2 Å². The molecule has 3 N–H and O–H groups in total. The van der Waals surface area contributed by atoms with Gasteiger partial charge in [0.1, 0.15) is 5.75 Å². The van der Waals surface area contributed by atoms with Crippen molar-refractivity contribution >= 4 is 10.0 Å². The van der Waals surface area contributed by atoms with E-state index in [0.717, 1.165) is 5.56 Å². The lowest BCUT2D eigenvalue weighted by atomic mass is 10.0. The molecular formula is C13H20N2O3S. The molecule has 1 heterocycles. The van der Waals surface area contributed by atoms with Crippen LogP contribution in [0.2, 0.25) is 0 Å². The first kappa shape index (κ1) is 14.3. The zero-order chi connectivity index (χ0) is 14.0. The molecule has 1 atom stereocenters. The molecule has 19 heavy (non-hydrogen) atoms. The maximum absolute atomic E-state index is 12.1. The Morgan fingerprint density at radius 3 is 2.89 bits per heavy atom. The van der Waals surface area contributed by atoms with Crippen molar-refractivity contribution in [3.05, 3.63) is 23.8 Å². The van der Waals surface area contributed by atoms with Gasteiger partial charge in [-0.25, -0.2) is 13.1 Å². The highest BCUT2D eigenvalue weighted by Crippen LogP contribution is 2.32. The van der Waals surface area contributed by atoms with Gasteiger partial charge in [0.2, 0.25) is 10.0 Å². The second-order valence-electron chi connectivity index (χ2n) is 5.19. The fourth-order valence-corrected chi connectivity index (χ4v) is 3.17. The van der Waals surface area contributed by atoms with Crippen molar-refractivity contribution in [2.24, 2.45) is 11.7 Å². The largest absolute Gasteiger partial charge is 0.493 e. The Balaban J connectivity index is 2.28. The van der Waals surface area contributed by atoms with E-state index in [1.165, 1.54) is 0 Å². The molecule has 0 fully saturated rings. The minimum Gasteiger partial charge on any atom is -0.493 e. The van der Waals surface area contributed by atoms with Crippen LogP contribution in [0.3, 0.4) is 0 Å². The highest BCUT2D eigenvalue weighted by atomic mass is 32.2. The topological polar surface area (TPSA) is 81.4 Å². The fourth-order valence-electron chi connectivity index (χ4n) is 1.93. The summed E-state index contributed by atoms with van der Waals surface area (Å²) >= 11 is 0. The van der Waals surface area contributed by atoms with Gasteiger partial charge in [-0.2, -0.15) is 0 Å². The van der Waals surface area contributed by atoms with Crippen LogP contribution in [0.1, 0.15) is 31.9 Å². The summed E-state index contributed by atoms with van der Waals surface area (Å²) in [5, 5.41) is 0. The highest BCUT2D eigenvalue weighted by Gasteiger charge is 2.22. The first-order valence-electron chi connectivity index (χ1n) is 6.42. The molecule has 0 bridgehead atoms. The summed E-state index contributed by atoms with van der Waals surface area (Å²) in [4.78, 5) is 0.243. The number of ether oxygens (including phenoxy) is 1. The van der Waals surface area contributed by atoms with E-state index in [9.17, 15) is 8.42 Å². The van der Waals surface area contributed by atoms with Gasteiger partial charge >= 0.3 is 0 Å². The van der Waals surface area contributed by atoms with Crippen LogP contribution in [-0.4, -0.2) is 21.6 Å². The number of benzene rings is 1. The minimum atomic E-state index is -3.47. The first-order chi connectivity index (χ1) is 8.90. The quantitative estimate of drug-likeness (QED) is 0.875. The molecule has 0 spiro atoms. The van der Waals surface area contributed by atoms with Crippen molar-refractivity contribution in [3.8, 4) is 5.75 Å². The zero-order valence-corrected chi connectivity index (χ0v) is 12.0. The molecule has 1 aromatic carbocycles. The molecular weight excluding hydrogens is 264 g/mol. The summed E-state index contributed by atoms with van der Waals surface area (Å²) in [6, 6.07) is 4.68. The fraction of sp³-hybridized carbons (Fsp3) is 0.538. The van der Waals surface area contributed by atoms with Crippen molar-refractivity contribution in [2.75, 3.05) is 13.2 Å². The Bertz CT molecular complexity index is 555. The summed E-state index contributed by atoms with van der Waals surface area (Å²) in [5.41, 5.74) is 6.75. The number of hydrogen-bond acceptors (Lipinski definition) is 4. The smallest absolute Gasteiger partial charge is 0.240 e. The Morgan fingerprint density at radius 1 is 1.47 bits per heavy atom. The lowest BCUT2D eigenvalue weighted by Crippen LogP contribution is -2.28. The van der Waals surface area contributed by atoms with Crippen LogP contribution in [0.4, 0.5) is 0 Å². The second-order valence-corrected chi connectivity index (χ2v) is 6.96. The third-order valence-corrected chi connectivity index (χ3v) is 4.48. The lowest BCUT2D eigenvalue weighted by Gasteiger charge is -2.23. The monoisotopic (exact) mass is 284 g/mol. The zero-order valence-electron chi connectivity index (χ0n) is 11.2. The van der Waals surface area contributed by atoms with E-state index >= 15 is 0 Å². The molecule has 1 unspecified atom stereocenters. The molecule has 1 aromatic rings. The van der Waals surface area contributed by atoms with E-state index in [1.807, 2.05) is 13.8 Å². The van der Waals surface area contributed by atoms with E-state index in [0.29, 0.717) is 25.3 Å². The van der Waals surface area contributed by atoms with Gasteiger partial charge in [0.15, 0.2) is 0 Å². The summed E-state index contributed by atoms with van der Waals surface area (Å²) in [5.74, 6) is 0.944. The SMILES string of the molecule is CC(C)CNS(=O)(=O)c1ccc2c(c1)C(N)CCO2. The molecule has 0 aliphatic carbocycles. The maximum Gasteiger partial charge on any atom is 0.240 e. The summed E-state index contributed by atoms with van der Waals surface area (Å²) in [6.07, 6.45) is 0.704. The van der Waals surface area contributed by atoms with Crippen LogP contribution in [0.5, 0.6) is 5.75 Å². The van der Waals surface area contributed by atoms with Crippen molar-refractivity contribution in [3.63, 3.8) is 0 Å². The van der Waals surface area contributed by atoms with Crippen molar-refractivity contribution < 1.29 is 13.2 Å². The lowest BCUT2D eigenvalue weighted by molar-refractivity contribution is 0.268. The van der Waals surface area contributed by atoms with Crippen LogP contribution in [0, 0.1) is 5.92 Å². The Labute approximate surface area is 114 Å². The van der Waals surface area contributed by atoms with Crippen molar-refractivity contribution in [1.82, 2.24) is 4.72 Å². The van der Waals surface area contributed by atoms with Crippen LogP contribution in [0.25, 0.3) is 0 Å². The summed E-state index contributed by atoms with van der Waals surface area (Å²) < 4.78 is 32.3. The molecule has 106 valence electrons. The van der Waals surface area contributed by atoms with E-state index < -0.39 is 10.0 Å². The molecule has 6 heteroatoms. The average Bonchev–Trinajstić information content (AvgIpc) is 2.37. The predicted molar refractivity (Wildman–Crippen MR) is 73.5 cm³/mol. The molecule has 0 saturated carbocycles. The molecule has 1 aliphatic heterocycles. The number of nitrogens with one attached hydrogen (secondary N) is 1. The standard InChI is InChI=1S/C13H20N2O3S/c1-9(2)8-15-19(16,17)10-3-4-13-11(7-10)12(14)5-6-18-13/h3-4,7,9,12,15H,5-6,8,14H2,1-2H3. The van der Waals surface area contributed by atoms with E-state index in [1.54, 1.807) is 18.2 Å². The molecule has 0 radical (unpaired) electrons. The van der Waals surface area contributed by atoms with Gasteiger partial charge in [-0.05, 0) is 24.1 Å². The van der Waals surface area contributed by atoms with Gasteiger partial charge in [0.25, 0.3) is 0 Å². The van der Waals surface area contributed by atoms with Gasteiger partial charge in [0, 0.05) is 24.6 Å². The molecule has 0 saturated heterocycles. The van der Waals surface area contributed by atoms with Crippen molar-refractivity contribution in [1.29, 1.82) is 0 Å². The first-order valence-corrected chi connectivity index (χ1v) is 7.90. The van der Waals surface area contributed by atoms with Gasteiger partial charge < -0.3 is 10.5 Å². The normalized spacial score (nSPS) is 19.1. The van der Waals surface area contributed by atoms with E-state index in [-0.39, 0.29) is 16.9 Å². The van der Waals surface area contributed by atoms with E-state index in [4.69, 9.17) is 10.5 Å². The highest BCUT2D eigenvalue weighted by molar-refractivity contribution is 7.89. The Hall–Kier alpha value is -1.11. The van der Waals surface area contributed by atoms with Gasteiger partial charge in [-0.1, -0.05) is 13.8 Å². The molecule has 0 amide bonds. The minimum absolute atomic E-state index is 0.163. The van der Waals surface area contributed by atoms with Crippen LogP contribution in [-0.2, 0) is 10.0 Å². The Kier molecular flexibility index (Phi) is 4.13. The van der Waals surface area contributed by atoms with Gasteiger partial charge in [-0.15, -0.1) is 0 Å². The Morgan fingerprint density at radius 2 is 2.21 bits per heavy atom. The van der Waals surface area contributed by atoms with E-state index in [2.05, 4.69) is 4.72 Å². The predicted octanol–water partition coefficient (Wildman–Crippen LogP) is 1.40. The number of fused-ring (bicyclic) bond motifs is 1. The molecule has 2 rings (SSSR count).